The number of hydrogen-bond donors (Lipinski definition) is 1. The van der Waals surface area contributed by atoms with Crippen molar-refractivity contribution in [2.75, 3.05) is 40.6 Å². The zero-order valence-electron chi connectivity index (χ0n) is 12.0. The SMILES string of the molecule is COc1cc(C(=O)N2CCOCC2CO)cc(Cl)c1OC. The molecule has 0 bridgehead atoms. The maximum atomic E-state index is 12.6. The average Bonchev–Trinajstić information content (AvgIpc) is 2.53. The molecule has 0 saturated carbocycles. The zero-order chi connectivity index (χ0) is 15.4. The molecule has 1 amide bonds. The number of nitrogens with zero attached hydrogens (tertiary/aromatic N) is 1. The lowest BCUT2D eigenvalue weighted by atomic mass is 10.1. The van der Waals surface area contributed by atoms with Crippen molar-refractivity contribution in [3.8, 4) is 11.5 Å². The van der Waals surface area contributed by atoms with Gasteiger partial charge in [-0.3, -0.25) is 4.79 Å². The number of carbonyl (C=O) groups excluding carboxylic acids is 1. The second-order valence-corrected chi connectivity index (χ2v) is 5.01. The number of amides is 1. The lowest BCUT2D eigenvalue weighted by Gasteiger charge is -2.34. The van der Waals surface area contributed by atoms with E-state index in [9.17, 15) is 9.90 Å². The Morgan fingerprint density at radius 2 is 2.24 bits per heavy atom. The molecule has 0 aromatic heterocycles. The highest BCUT2D eigenvalue weighted by Crippen LogP contribution is 2.36. The molecule has 1 fully saturated rings. The molecule has 2 rings (SSSR count). The summed E-state index contributed by atoms with van der Waals surface area (Å²) in [6, 6.07) is 2.77. The Balaban J connectivity index is 2.32. The highest BCUT2D eigenvalue weighted by Gasteiger charge is 2.28. The molecule has 1 aliphatic heterocycles. The predicted molar refractivity (Wildman–Crippen MR) is 77.3 cm³/mol. The summed E-state index contributed by atoms with van der Waals surface area (Å²) in [6.07, 6.45) is 0. The van der Waals surface area contributed by atoms with Crippen LogP contribution < -0.4 is 9.47 Å². The fraction of sp³-hybridized carbons (Fsp3) is 0.500. The zero-order valence-corrected chi connectivity index (χ0v) is 12.7. The number of hydrogen-bond acceptors (Lipinski definition) is 5. The van der Waals surface area contributed by atoms with Gasteiger partial charge < -0.3 is 24.2 Å². The summed E-state index contributed by atoms with van der Waals surface area (Å²) < 4.78 is 15.6. The monoisotopic (exact) mass is 315 g/mol. The van der Waals surface area contributed by atoms with Crippen LogP contribution in [-0.2, 0) is 4.74 Å². The van der Waals surface area contributed by atoms with Crippen molar-refractivity contribution < 1.29 is 24.1 Å². The third-order valence-corrected chi connectivity index (χ3v) is 3.66. The summed E-state index contributed by atoms with van der Waals surface area (Å²) >= 11 is 6.12. The summed E-state index contributed by atoms with van der Waals surface area (Å²) in [6.45, 7) is 1.05. The fourth-order valence-electron chi connectivity index (χ4n) is 2.28. The van der Waals surface area contributed by atoms with E-state index in [0.29, 0.717) is 41.8 Å². The van der Waals surface area contributed by atoms with E-state index in [1.165, 1.54) is 20.3 Å². The van der Waals surface area contributed by atoms with Crippen LogP contribution in [0.15, 0.2) is 12.1 Å². The molecule has 1 aliphatic rings. The van der Waals surface area contributed by atoms with Gasteiger partial charge in [-0.2, -0.15) is 0 Å². The van der Waals surface area contributed by atoms with E-state index in [0.717, 1.165) is 0 Å². The van der Waals surface area contributed by atoms with Crippen molar-refractivity contribution in [3.63, 3.8) is 0 Å². The van der Waals surface area contributed by atoms with Gasteiger partial charge in [-0.05, 0) is 12.1 Å². The summed E-state index contributed by atoms with van der Waals surface area (Å²) in [5.41, 5.74) is 0.387. The van der Waals surface area contributed by atoms with Crippen molar-refractivity contribution in [2.45, 2.75) is 6.04 Å². The summed E-state index contributed by atoms with van der Waals surface area (Å²) in [5.74, 6) is 0.554. The van der Waals surface area contributed by atoms with Crippen LogP contribution in [0.25, 0.3) is 0 Å². The van der Waals surface area contributed by atoms with E-state index in [1.807, 2.05) is 0 Å². The minimum atomic E-state index is -0.349. The molecule has 1 atom stereocenters. The third-order valence-electron chi connectivity index (χ3n) is 3.38. The summed E-state index contributed by atoms with van der Waals surface area (Å²) in [5, 5.41) is 9.65. The van der Waals surface area contributed by atoms with Crippen molar-refractivity contribution in [3.05, 3.63) is 22.7 Å². The molecular weight excluding hydrogens is 298 g/mol. The van der Waals surface area contributed by atoms with E-state index in [-0.39, 0.29) is 18.6 Å². The van der Waals surface area contributed by atoms with Gasteiger partial charge in [-0.25, -0.2) is 0 Å². The van der Waals surface area contributed by atoms with Crippen LogP contribution in [0, 0.1) is 0 Å². The highest BCUT2D eigenvalue weighted by atomic mass is 35.5. The molecule has 116 valence electrons. The average molecular weight is 316 g/mol. The second-order valence-electron chi connectivity index (χ2n) is 4.60. The highest BCUT2D eigenvalue weighted by molar-refractivity contribution is 6.32. The maximum Gasteiger partial charge on any atom is 0.254 e. The van der Waals surface area contributed by atoms with E-state index >= 15 is 0 Å². The topological polar surface area (TPSA) is 68.2 Å². The quantitative estimate of drug-likeness (QED) is 0.904. The smallest absolute Gasteiger partial charge is 0.254 e. The number of carbonyl (C=O) groups is 1. The van der Waals surface area contributed by atoms with Gasteiger partial charge in [0.05, 0.1) is 45.1 Å². The lowest BCUT2D eigenvalue weighted by Crippen LogP contribution is -2.50. The van der Waals surface area contributed by atoms with E-state index in [2.05, 4.69) is 0 Å². The standard InChI is InChI=1S/C14H18ClNO5/c1-19-12-6-9(5-11(15)13(12)20-2)14(18)16-3-4-21-8-10(16)7-17/h5-6,10,17H,3-4,7-8H2,1-2H3. The summed E-state index contributed by atoms with van der Waals surface area (Å²) in [7, 11) is 2.96. The lowest BCUT2D eigenvalue weighted by molar-refractivity contribution is -0.0184. The van der Waals surface area contributed by atoms with Crippen molar-refractivity contribution in [1.82, 2.24) is 4.90 Å². The van der Waals surface area contributed by atoms with Crippen molar-refractivity contribution >= 4 is 17.5 Å². The molecule has 0 spiro atoms. The van der Waals surface area contributed by atoms with E-state index in [4.69, 9.17) is 25.8 Å². The number of aliphatic hydroxyl groups excluding tert-OH is 1. The molecule has 6 nitrogen and oxygen atoms in total. The molecule has 0 aliphatic carbocycles. The van der Waals surface area contributed by atoms with Gasteiger partial charge >= 0.3 is 0 Å². The molecule has 1 unspecified atom stereocenters. The molecule has 1 aromatic carbocycles. The van der Waals surface area contributed by atoms with E-state index in [1.54, 1.807) is 11.0 Å². The molecule has 0 radical (unpaired) electrons. The molecule has 1 heterocycles. The van der Waals surface area contributed by atoms with E-state index < -0.39 is 0 Å². The molecule has 7 heteroatoms. The van der Waals surface area contributed by atoms with Gasteiger partial charge in [0.2, 0.25) is 0 Å². The molecule has 1 N–H and O–H groups in total. The Bertz CT molecular complexity index is 522. The Kier molecular flexibility index (Phi) is 5.27. The predicted octanol–water partition coefficient (Wildman–Crippen LogP) is 1.19. The third kappa shape index (κ3) is 3.23. The van der Waals surface area contributed by atoms with Gasteiger partial charge in [0.25, 0.3) is 5.91 Å². The van der Waals surface area contributed by atoms with Gasteiger partial charge in [0.15, 0.2) is 11.5 Å². The Morgan fingerprint density at radius 1 is 1.48 bits per heavy atom. The van der Waals surface area contributed by atoms with Crippen LogP contribution in [0.2, 0.25) is 5.02 Å². The largest absolute Gasteiger partial charge is 0.493 e. The number of methoxy groups -OCH3 is 2. The molecule has 1 saturated heterocycles. The normalized spacial score (nSPS) is 18.5. The first-order chi connectivity index (χ1) is 10.1. The first-order valence-corrected chi connectivity index (χ1v) is 6.91. The number of rotatable bonds is 4. The molecule has 21 heavy (non-hydrogen) atoms. The second kappa shape index (κ2) is 6.98. The first kappa shape index (κ1) is 15.9. The van der Waals surface area contributed by atoms with Gasteiger partial charge in [-0.1, -0.05) is 11.6 Å². The Labute approximate surface area is 128 Å². The van der Waals surface area contributed by atoms with Crippen LogP contribution in [0.1, 0.15) is 10.4 Å². The van der Waals surface area contributed by atoms with Crippen LogP contribution in [0.3, 0.4) is 0 Å². The summed E-state index contributed by atoms with van der Waals surface area (Å²) in [4.78, 5) is 14.2. The molecule has 1 aromatic rings. The van der Waals surface area contributed by atoms with Crippen molar-refractivity contribution in [1.29, 1.82) is 0 Å². The molecular formula is C14H18ClNO5. The van der Waals surface area contributed by atoms with Gasteiger partial charge in [0.1, 0.15) is 0 Å². The first-order valence-electron chi connectivity index (χ1n) is 6.53. The van der Waals surface area contributed by atoms with Crippen LogP contribution in [-0.4, -0.2) is 62.5 Å². The minimum absolute atomic E-state index is 0.146. The Hall–Kier alpha value is -1.50. The number of ether oxygens (including phenoxy) is 3. The Morgan fingerprint density at radius 3 is 2.86 bits per heavy atom. The van der Waals surface area contributed by atoms with Crippen molar-refractivity contribution in [2.24, 2.45) is 0 Å². The number of aliphatic hydroxyl groups is 1. The van der Waals surface area contributed by atoms with Crippen LogP contribution >= 0.6 is 11.6 Å². The van der Waals surface area contributed by atoms with Crippen LogP contribution in [0.5, 0.6) is 11.5 Å². The maximum absolute atomic E-state index is 12.6. The van der Waals surface area contributed by atoms with Crippen LogP contribution in [0.4, 0.5) is 0 Å². The number of morpholine rings is 1. The van der Waals surface area contributed by atoms with Gasteiger partial charge in [-0.15, -0.1) is 0 Å². The van der Waals surface area contributed by atoms with Gasteiger partial charge in [0, 0.05) is 12.1 Å². The number of benzene rings is 1. The minimum Gasteiger partial charge on any atom is -0.493 e. The number of halogens is 1. The fourth-order valence-corrected chi connectivity index (χ4v) is 2.57.